The SMILES string of the molecule is CCCNCC1(c2ccccc2OC)CCC1C. The second kappa shape index (κ2) is 5.75. The van der Waals surface area contributed by atoms with E-state index in [1.54, 1.807) is 7.11 Å². The maximum Gasteiger partial charge on any atom is 0.122 e. The number of para-hydroxylation sites is 1. The van der Waals surface area contributed by atoms with Crippen LogP contribution in [0.2, 0.25) is 0 Å². The largest absolute Gasteiger partial charge is 0.496 e. The third kappa shape index (κ3) is 2.26. The number of hydrogen-bond acceptors (Lipinski definition) is 2. The Morgan fingerprint density at radius 2 is 2.17 bits per heavy atom. The second-order valence-corrected chi connectivity index (χ2v) is 5.47. The molecule has 0 aromatic heterocycles. The van der Waals surface area contributed by atoms with E-state index >= 15 is 0 Å². The molecule has 0 bridgehead atoms. The van der Waals surface area contributed by atoms with Crippen molar-refractivity contribution in [2.75, 3.05) is 20.2 Å². The monoisotopic (exact) mass is 247 g/mol. The van der Waals surface area contributed by atoms with Gasteiger partial charge in [-0.3, -0.25) is 0 Å². The molecule has 1 aromatic carbocycles. The van der Waals surface area contributed by atoms with E-state index < -0.39 is 0 Å². The van der Waals surface area contributed by atoms with Crippen LogP contribution < -0.4 is 10.1 Å². The lowest BCUT2D eigenvalue weighted by Crippen LogP contribution is -2.50. The highest BCUT2D eigenvalue weighted by atomic mass is 16.5. The molecule has 0 aliphatic heterocycles. The van der Waals surface area contributed by atoms with Crippen molar-refractivity contribution in [2.45, 2.75) is 38.5 Å². The van der Waals surface area contributed by atoms with Crippen molar-refractivity contribution >= 4 is 0 Å². The summed E-state index contributed by atoms with van der Waals surface area (Å²) in [7, 11) is 1.77. The minimum atomic E-state index is 0.280. The number of rotatable bonds is 6. The first-order valence-corrected chi connectivity index (χ1v) is 7.09. The van der Waals surface area contributed by atoms with Gasteiger partial charge in [-0.1, -0.05) is 32.0 Å². The van der Waals surface area contributed by atoms with Crippen molar-refractivity contribution in [1.82, 2.24) is 5.32 Å². The zero-order chi connectivity index (χ0) is 13.0. The fourth-order valence-corrected chi connectivity index (χ4v) is 3.08. The summed E-state index contributed by atoms with van der Waals surface area (Å²) in [4.78, 5) is 0. The van der Waals surface area contributed by atoms with Gasteiger partial charge in [-0.15, -0.1) is 0 Å². The minimum Gasteiger partial charge on any atom is -0.496 e. The van der Waals surface area contributed by atoms with Crippen LogP contribution in [0.4, 0.5) is 0 Å². The molecule has 0 amide bonds. The summed E-state index contributed by atoms with van der Waals surface area (Å²) in [6.45, 7) is 6.75. The minimum absolute atomic E-state index is 0.280. The molecule has 2 atom stereocenters. The lowest BCUT2D eigenvalue weighted by molar-refractivity contribution is 0.130. The van der Waals surface area contributed by atoms with Gasteiger partial charge >= 0.3 is 0 Å². The highest BCUT2D eigenvalue weighted by Crippen LogP contribution is 2.50. The zero-order valence-corrected chi connectivity index (χ0v) is 11.8. The van der Waals surface area contributed by atoms with E-state index in [2.05, 4.69) is 43.4 Å². The fraction of sp³-hybridized carbons (Fsp3) is 0.625. The molecule has 1 aliphatic rings. The molecule has 100 valence electrons. The van der Waals surface area contributed by atoms with Gasteiger partial charge in [-0.2, -0.15) is 0 Å². The third-order valence-electron chi connectivity index (χ3n) is 4.48. The molecule has 1 aliphatic carbocycles. The Hall–Kier alpha value is -1.02. The van der Waals surface area contributed by atoms with Gasteiger partial charge < -0.3 is 10.1 Å². The summed E-state index contributed by atoms with van der Waals surface area (Å²) < 4.78 is 5.55. The van der Waals surface area contributed by atoms with Crippen molar-refractivity contribution in [2.24, 2.45) is 5.92 Å². The average molecular weight is 247 g/mol. The maximum absolute atomic E-state index is 5.55. The summed E-state index contributed by atoms with van der Waals surface area (Å²) in [6.07, 6.45) is 3.79. The van der Waals surface area contributed by atoms with Crippen molar-refractivity contribution in [3.63, 3.8) is 0 Å². The van der Waals surface area contributed by atoms with E-state index in [-0.39, 0.29) is 5.41 Å². The van der Waals surface area contributed by atoms with Crippen molar-refractivity contribution in [1.29, 1.82) is 0 Å². The van der Waals surface area contributed by atoms with Gasteiger partial charge in [0.1, 0.15) is 5.75 Å². The molecule has 1 fully saturated rings. The molecular weight excluding hydrogens is 222 g/mol. The summed E-state index contributed by atoms with van der Waals surface area (Å²) in [5.41, 5.74) is 1.66. The van der Waals surface area contributed by atoms with E-state index in [1.807, 2.05) is 0 Å². The maximum atomic E-state index is 5.55. The number of ether oxygens (including phenoxy) is 1. The lowest BCUT2D eigenvalue weighted by Gasteiger charge is -2.49. The topological polar surface area (TPSA) is 21.3 Å². The average Bonchev–Trinajstić information content (AvgIpc) is 2.42. The quantitative estimate of drug-likeness (QED) is 0.778. The number of hydrogen-bond donors (Lipinski definition) is 1. The molecule has 2 nitrogen and oxygen atoms in total. The molecule has 1 saturated carbocycles. The van der Waals surface area contributed by atoms with E-state index in [0.29, 0.717) is 0 Å². The van der Waals surface area contributed by atoms with Crippen LogP contribution in [-0.2, 0) is 5.41 Å². The predicted molar refractivity (Wildman–Crippen MR) is 76.2 cm³/mol. The van der Waals surface area contributed by atoms with Gasteiger partial charge in [0, 0.05) is 17.5 Å². The van der Waals surface area contributed by atoms with Crippen LogP contribution in [0.1, 0.15) is 38.7 Å². The fourth-order valence-electron chi connectivity index (χ4n) is 3.08. The highest BCUT2D eigenvalue weighted by Gasteiger charge is 2.46. The van der Waals surface area contributed by atoms with Crippen LogP contribution in [0.15, 0.2) is 24.3 Å². The Kier molecular flexibility index (Phi) is 4.28. The van der Waals surface area contributed by atoms with Crippen molar-refractivity contribution in [3.8, 4) is 5.75 Å². The first-order chi connectivity index (χ1) is 8.74. The van der Waals surface area contributed by atoms with Crippen LogP contribution in [0.25, 0.3) is 0 Å². The van der Waals surface area contributed by atoms with Gasteiger partial charge in [0.05, 0.1) is 7.11 Å². The molecule has 2 heteroatoms. The third-order valence-corrected chi connectivity index (χ3v) is 4.48. The molecule has 1 aromatic rings. The van der Waals surface area contributed by atoms with E-state index in [4.69, 9.17) is 4.74 Å². The molecule has 18 heavy (non-hydrogen) atoms. The van der Waals surface area contributed by atoms with Crippen LogP contribution >= 0.6 is 0 Å². The number of nitrogens with one attached hydrogen (secondary N) is 1. The summed E-state index contributed by atoms with van der Waals surface area (Å²) >= 11 is 0. The smallest absolute Gasteiger partial charge is 0.122 e. The van der Waals surface area contributed by atoms with Crippen LogP contribution in [0, 0.1) is 5.92 Å². The molecule has 0 heterocycles. The summed E-state index contributed by atoms with van der Waals surface area (Å²) in [5, 5.41) is 3.60. The molecule has 1 N–H and O–H groups in total. The number of methoxy groups -OCH3 is 1. The molecule has 2 rings (SSSR count). The Balaban J connectivity index is 2.24. The molecular formula is C16H25NO. The van der Waals surface area contributed by atoms with E-state index in [1.165, 1.54) is 24.8 Å². The number of benzene rings is 1. The standard InChI is InChI=1S/C16H25NO/c1-4-11-17-12-16(10-9-13(16)2)14-7-5-6-8-15(14)18-3/h5-8,13,17H,4,9-12H2,1-3H3. The molecule has 2 unspecified atom stereocenters. The van der Waals surface area contributed by atoms with E-state index in [9.17, 15) is 0 Å². The zero-order valence-electron chi connectivity index (χ0n) is 11.8. The van der Waals surface area contributed by atoms with E-state index in [0.717, 1.165) is 24.8 Å². The first-order valence-electron chi connectivity index (χ1n) is 7.09. The van der Waals surface area contributed by atoms with Crippen LogP contribution in [0.3, 0.4) is 0 Å². The predicted octanol–water partition coefficient (Wildman–Crippen LogP) is 3.36. The van der Waals surface area contributed by atoms with Gasteiger partial charge in [-0.25, -0.2) is 0 Å². The van der Waals surface area contributed by atoms with Crippen molar-refractivity contribution < 1.29 is 4.74 Å². The van der Waals surface area contributed by atoms with Crippen LogP contribution in [-0.4, -0.2) is 20.2 Å². The molecule has 0 saturated heterocycles. The normalized spacial score (nSPS) is 26.7. The van der Waals surface area contributed by atoms with Gasteiger partial charge in [-0.05, 0) is 37.8 Å². The van der Waals surface area contributed by atoms with Gasteiger partial charge in [0.15, 0.2) is 0 Å². The van der Waals surface area contributed by atoms with Gasteiger partial charge in [0.25, 0.3) is 0 Å². The Bertz CT molecular complexity index is 390. The van der Waals surface area contributed by atoms with Gasteiger partial charge in [0.2, 0.25) is 0 Å². The van der Waals surface area contributed by atoms with Crippen LogP contribution in [0.5, 0.6) is 5.75 Å². The Morgan fingerprint density at radius 1 is 1.39 bits per heavy atom. The lowest BCUT2D eigenvalue weighted by atomic mass is 9.57. The molecule has 0 spiro atoms. The van der Waals surface area contributed by atoms with Crippen molar-refractivity contribution in [3.05, 3.63) is 29.8 Å². The molecule has 0 radical (unpaired) electrons. The highest BCUT2D eigenvalue weighted by molar-refractivity contribution is 5.42. The Morgan fingerprint density at radius 3 is 2.72 bits per heavy atom. The Labute approximate surface area is 111 Å². The summed E-state index contributed by atoms with van der Waals surface area (Å²) in [5.74, 6) is 1.78. The summed E-state index contributed by atoms with van der Waals surface area (Å²) in [6, 6.07) is 8.51. The first kappa shape index (κ1) is 13.4. The second-order valence-electron chi connectivity index (χ2n) is 5.47.